The van der Waals surface area contributed by atoms with E-state index in [1.54, 1.807) is 29.3 Å². The van der Waals surface area contributed by atoms with Gasteiger partial charge in [-0.15, -0.1) is 4.91 Å². The average molecular weight is 437 g/mol. The van der Waals surface area contributed by atoms with Gasteiger partial charge in [-0.25, -0.2) is 0 Å². The van der Waals surface area contributed by atoms with Gasteiger partial charge in [-0.1, -0.05) is 26.0 Å². The lowest BCUT2D eigenvalue weighted by Gasteiger charge is -2.40. The van der Waals surface area contributed by atoms with Crippen LogP contribution in [0.5, 0.6) is 5.75 Å². The number of benzene rings is 1. The predicted molar refractivity (Wildman–Crippen MR) is 127 cm³/mol. The Morgan fingerprint density at radius 3 is 2.47 bits per heavy atom. The standard InChI is InChI=1S/C23H26N4O3.C2H6/c1-3-27(4-2)22(28)19-9-8-16(15-25-19)17-14-23(10-12-24-13-11-23)30-20-7-5-6-18(26-29)21(17)20;1-2/h5-9,14-15,24H,3-4,10-13H2,1-2H3;1-2H3. The van der Waals surface area contributed by atoms with Crippen LogP contribution in [0.2, 0.25) is 0 Å². The van der Waals surface area contributed by atoms with Gasteiger partial charge in [0.05, 0.1) is 5.56 Å². The summed E-state index contributed by atoms with van der Waals surface area (Å²) in [6.07, 6.45) is 5.48. The van der Waals surface area contributed by atoms with E-state index >= 15 is 0 Å². The van der Waals surface area contributed by atoms with Crippen LogP contribution in [0, 0.1) is 4.91 Å². The van der Waals surface area contributed by atoms with Crippen LogP contribution in [0.3, 0.4) is 0 Å². The van der Waals surface area contributed by atoms with Crippen LogP contribution in [0.1, 0.15) is 62.2 Å². The average Bonchev–Trinajstić information content (AvgIpc) is 2.85. The number of nitrogens with one attached hydrogen (secondary N) is 1. The molecule has 1 aromatic heterocycles. The highest BCUT2D eigenvalue weighted by Crippen LogP contribution is 2.46. The third-order valence-electron chi connectivity index (χ3n) is 5.89. The second-order valence-electron chi connectivity index (χ2n) is 7.63. The number of ether oxygens (including phenoxy) is 1. The zero-order valence-corrected chi connectivity index (χ0v) is 19.4. The van der Waals surface area contributed by atoms with Gasteiger partial charge in [0, 0.05) is 37.7 Å². The minimum Gasteiger partial charge on any atom is -0.482 e. The first-order chi connectivity index (χ1) is 15.6. The van der Waals surface area contributed by atoms with Gasteiger partial charge in [0.2, 0.25) is 0 Å². The van der Waals surface area contributed by atoms with Crippen molar-refractivity contribution in [3.05, 3.63) is 64.3 Å². The molecule has 0 atom stereocenters. The molecule has 0 aliphatic carbocycles. The molecule has 1 N–H and O–H groups in total. The molecule has 32 heavy (non-hydrogen) atoms. The number of rotatable bonds is 5. The fourth-order valence-electron chi connectivity index (χ4n) is 4.21. The van der Waals surface area contributed by atoms with Crippen molar-refractivity contribution in [3.8, 4) is 5.75 Å². The Labute approximate surface area is 189 Å². The van der Waals surface area contributed by atoms with Crippen LogP contribution < -0.4 is 10.1 Å². The zero-order valence-electron chi connectivity index (χ0n) is 19.4. The summed E-state index contributed by atoms with van der Waals surface area (Å²) in [4.78, 5) is 30.3. The van der Waals surface area contributed by atoms with Gasteiger partial charge in [0.15, 0.2) is 0 Å². The van der Waals surface area contributed by atoms with Crippen molar-refractivity contribution in [1.29, 1.82) is 0 Å². The number of carbonyl (C=O) groups is 1. The van der Waals surface area contributed by atoms with Gasteiger partial charge >= 0.3 is 0 Å². The van der Waals surface area contributed by atoms with E-state index in [-0.39, 0.29) is 5.91 Å². The SMILES string of the molecule is CC.CCN(CC)C(=O)c1ccc(C2=CC3(CCNCC3)Oc3cccc(N=O)c32)cn1. The van der Waals surface area contributed by atoms with E-state index < -0.39 is 5.60 Å². The van der Waals surface area contributed by atoms with Crippen molar-refractivity contribution in [2.45, 2.75) is 46.1 Å². The van der Waals surface area contributed by atoms with Gasteiger partial charge in [-0.05, 0) is 62.0 Å². The van der Waals surface area contributed by atoms with Crippen LogP contribution in [-0.2, 0) is 0 Å². The Morgan fingerprint density at radius 2 is 1.88 bits per heavy atom. The highest BCUT2D eigenvalue weighted by Gasteiger charge is 2.38. The number of nitroso groups, excluding NO2 is 1. The molecule has 2 aromatic rings. The Bertz CT molecular complexity index is 975. The second-order valence-corrected chi connectivity index (χ2v) is 7.63. The quantitative estimate of drug-likeness (QED) is 0.672. The van der Waals surface area contributed by atoms with E-state index in [1.165, 1.54) is 0 Å². The number of fused-ring (bicyclic) bond motifs is 1. The lowest BCUT2D eigenvalue weighted by atomic mass is 9.83. The topological polar surface area (TPSA) is 83.9 Å². The number of piperidine rings is 1. The summed E-state index contributed by atoms with van der Waals surface area (Å²) in [6.45, 7) is 10.9. The molecule has 1 spiro atoms. The predicted octanol–water partition coefficient (Wildman–Crippen LogP) is 4.93. The molecule has 170 valence electrons. The van der Waals surface area contributed by atoms with Crippen molar-refractivity contribution in [2.24, 2.45) is 5.18 Å². The van der Waals surface area contributed by atoms with E-state index in [9.17, 15) is 9.70 Å². The van der Waals surface area contributed by atoms with Crippen molar-refractivity contribution in [3.63, 3.8) is 0 Å². The van der Waals surface area contributed by atoms with E-state index in [0.29, 0.717) is 35.8 Å². The first-order valence-electron chi connectivity index (χ1n) is 11.5. The molecular weight excluding hydrogens is 404 g/mol. The molecule has 0 unspecified atom stereocenters. The van der Waals surface area contributed by atoms with E-state index in [0.717, 1.165) is 37.1 Å². The summed E-state index contributed by atoms with van der Waals surface area (Å²) >= 11 is 0. The van der Waals surface area contributed by atoms with Crippen molar-refractivity contribution < 1.29 is 9.53 Å². The third-order valence-corrected chi connectivity index (χ3v) is 5.89. The van der Waals surface area contributed by atoms with Gasteiger partial charge < -0.3 is 15.0 Å². The maximum absolute atomic E-state index is 12.6. The molecule has 0 bridgehead atoms. The summed E-state index contributed by atoms with van der Waals surface area (Å²) in [5.74, 6) is 0.577. The van der Waals surface area contributed by atoms with Crippen molar-refractivity contribution in [2.75, 3.05) is 26.2 Å². The number of hydrogen-bond acceptors (Lipinski definition) is 6. The summed E-state index contributed by atoms with van der Waals surface area (Å²) in [5, 5.41) is 6.59. The van der Waals surface area contributed by atoms with Gasteiger partial charge in [-0.2, -0.15) is 0 Å². The van der Waals surface area contributed by atoms with E-state index in [1.807, 2.05) is 39.8 Å². The third kappa shape index (κ3) is 4.58. The highest BCUT2D eigenvalue weighted by molar-refractivity contribution is 5.94. The maximum Gasteiger partial charge on any atom is 0.272 e. The number of aromatic nitrogens is 1. The first kappa shape index (κ1) is 23.6. The van der Waals surface area contributed by atoms with Gasteiger partial charge in [0.1, 0.15) is 22.7 Å². The number of pyridine rings is 1. The minimum absolute atomic E-state index is 0.0852. The molecule has 7 heteroatoms. The summed E-state index contributed by atoms with van der Waals surface area (Å²) in [5.41, 5.74) is 2.72. The molecule has 4 rings (SSSR count). The molecule has 3 heterocycles. The molecule has 2 aliphatic rings. The zero-order chi connectivity index (χ0) is 23.1. The first-order valence-corrected chi connectivity index (χ1v) is 11.5. The Balaban J connectivity index is 0.00000141. The van der Waals surface area contributed by atoms with E-state index in [2.05, 4.69) is 21.6 Å². The van der Waals surface area contributed by atoms with Crippen LogP contribution in [0.15, 0.2) is 47.8 Å². The van der Waals surface area contributed by atoms with E-state index in [4.69, 9.17) is 4.74 Å². The van der Waals surface area contributed by atoms with Crippen molar-refractivity contribution in [1.82, 2.24) is 15.2 Å². The molecular formula is C25H32N4O3. The van der Waals surface area contributed by atoms with Gasteiger partial charge in [-0.3, -0.25) is 9.78 Å². The monoisotopic (exact) mass is 436 g/mol. The summed E-state index contributed by atoms with van der Waals surface area (Å²) in [7, 11) is 0. The molecule has 1 saturated heterocycles. The molecule has 1 fully saturated rings. The summed E-state index contributed by atoms with van der Waals surface area (Å²) in [6, 6.07) is 9.00. The maximum atomic E-state index is 12.6. The number of amides is 1. The lowest BCUT2D eigenvalue weighted by molar-refractivity contribution is 0.0766. The fraction of sp³-hybridized carbons (Fsp3) is 0.440. The Hall–Kier alpha value is -3.06. The fourth-order valence-corrected chi connectivity index (χ4v) is 4.21. The number of hydrogen-bond donors (Lipinski definition) is 1. The molecule has 0 radical (unpaired) electrons. The summed E-state index contributed by atoms with van der Waals surface area (Å²) < 4.78 is 6.38. The van der Waals surface area contributed by atoms with Crippen molar-refractivity contribution >= 4 is 17.2 Å². The van der Waals surface area contributed by atoms with Crippen LogP contribution >= 0.6 is 0 Å². The van der Waals surface area contributed by atoms with Gasteiger partial charge in [0.25, 0.3) is 5.91 Å². The minimum atomic E-state index is -0.426. The molecule has 1 aromatic carbocycles. The molecule has 2 aliphatic heterocycles. The smallest absolute Gasteiger partial charge is 0.272 e. The number of nitrogens with zero attached hydrogens (tertiary/aromatic N) is 3. The van der Waals surface area contributed by atoms with Crippen LogP contribution in [0.4, 0.5) is 5.69 Å². The molecule has 0 saturated carbocycles. The lowest BCUT2D eigenvalue weighted by Crippen LogP contribution is -2.46. The van der Waals surface area contributed by atoms with Crippen LogP contribution in [-0.4, -0.2) is 47.6 Å². The molecule has 1 amide bonds. The van der Waals surface area contributed by atoms with Crippen LogP contribution in [0.25, 0.3) is 5.57 Å². The Kier molecular flexibility index (Phi) is 7.75. The second kappa shape index (κ2) is 10.5. The normalized spacial score (nSPS) is 16.1. The highest BCUT2D eigenvalue weighted by atomic mass is 16.5. The molecule has 7 nitrogen and oxygen atoms in total. The number of carbonyl (C=O) groups excluding carboxylic acids is 1. The Morgan fingerprint density at radius 1 is 1.16 bits per heavy atom. The largest absolute Gasteiger partial charge is 0.482 e.